The van der Waals surface area contributed by atoms with Crippen molar-refractivity contribution in [3.05, 3.63) is 28.2 Å². The molecule has 1 rings (SSSR count). The monoisotopic (exact) mass is 354 g/mol. The van der Waals surface area contributed by atoms with Gasteiger partial charge in [0.05, 0.1) is 5.56 Å². The summed E-state index contributed by atoms with van der Waals surface area (Å²) in [5.74, 6) is -1.26. The first kappa shape index (κ1) is 16.3. The minimum Gasteiger partial charge on any atom is -0.480 e. The van der Waals surface area contributed by atoms with E-state index in [2.05, 4.69) is 26.6 Å². The molecular weight excluding hydrogens is 345 g/mol. The Morgan fingerprint density at radius 2 is 1.95 bits per heavy atom. The normalized spacial score (nSPS) is 12.7. The zero-order chi connectivity index (χ0) is 15.5. The molecule has 1 aromatic rings. The molecule has 1 aromatic carbocycles. The molecule has 0 unspecified atom stereocenters. The number of hydrogen-bond donors (Lipinski definition) is 3. The topological polar surface area (TPSA) is 78.4 Å². The molecule has 0 bridgehead atoms. The number of rotatable bonds is 3. The van der Waals surface area contributed by atoms with E-state index in [4.69, 9.17) is 5.11 Å². The minimum atomic E-state index is -4.57. The molecule has 110 valence electrons. The fraction of sp³-hybridized carbons (Fsp3) is 0.273. The van der Waals surface area contributed by atoms with Gasteiger partial charge < -0.3 is 15.7 Å². The van der Waals surface area contributed by atoms with Gasteiger partial charge >= 0.3 is 18.2 Å². The molecule has 0 saturated carbocycles. The number of anilines is 1. The van der Waals surface area contributed by atoms with Crippen LogP contribution in [-0.4, -0.2) is 23.1 Å². The Hall–Kier alpha value is -1.77. The van der Waals surface area contributed by atoms with Gasteiger partial charge in [0, 0.05) is 10.2 Å². The summed E-state index contributed by atoms with van der Waals surface area (Å²) < 4.78 is 37.8. The second kappa shape index (κ2) is 6.12. The average Bonchev–Trinajstić information content (AvgIpc) is 2.29. The predicted molar refractivity (Wildman–Crippen MR) is 68.4 cm³/mol. The Labute approximate surface area is 120 Å². The third-order valence-corrected chi connectivity index (χ3v) is 2.94. The number of carbonyl (C=O) groups excluding carboxylic acids is 1. The van der Waals surface area contributed by atoms with E-state index >= 15 is 0 Å². The lowest BCUT2D eigenvalue weighted by Gasteiger charge is -2.13. The molecule has 0 aromatic heterocycles. The van der Waals surface area contributed by atoms with E-state index in [9.17, 15) is 22.8 Å². The van der Waals surface area contributed by atoms with Gasteiger partial charge in [-0.2, -0.15) is 13.2 Å². The molecule has 0 spiro atoms. The van der Waals surface area contributed by atoms with E-state index in [1.807, 2.05) is 0 Å². The maximum atomic E-state index is 12.6. The molecule has 2 amide bonds. The molecule has 1 atom stereocenters. The molecule has 0 fully saturated rings. The summed E-state index contributed by atoms with van der Waals surface area (Å²) >= 11 is 2.77. The molecule has 0 aliphatic rings. The molecule has 0 aliphatic carbocycles. The summed E-state index contributed by atoms with van der Waals surface area (Å²) in [6, 6.07) is 1.07. The van der Waals surface area contributed by atoms with Crippen LogP contribution in [0.15, 0.2) is 22.7 Å². The second-order valence-electron chi connectivity index (χ2n) is 3.85. The summed E-state index contributed by atoms with van der Waals surface area (Å²) in [5.41, 5.74) is -1.04. The van der Waals surface area contributed by atoms with Crippen LogP contribution < -0.4 is 10.6 Å². The standard InChI is InChI=1S/C11H10BrF3N2O3/c1-5(9(18)19)16-10(20)17-6-2-3-8(12)7(4-6)11(13,14)15/h2-5H,1H3,(H,18,19)(H2,16,17,20)/t5-/m1/s1. The van der Waals surface area contributed by atoms with Crippen molar-refractivity contribution < 1.29 is 27.9 Å². The van der Waals surface area contributed by atoms with Gasteiger partial charge in [0.15, 0.2) is 0 Å². The lowest BCUT2D eigenvalue weighted by molar-refractivity contribution is -0.139. The number of amides is 2. The van der Waals surface area contributed by atoms with Gasteiger partial charge in [0.25, 0.3) is 0 Å². The van der Waals surface area contributed by atoms with Crippen molar-refractivity contribution in [2.75, 3.05) is 5.32 Å². The van der Waals surface area contributed by atoms with E-state index < -0.39 is 29.8 Å². The number of carboxylic acid groups (broad SMARTS) is 1. The second-order valence-corrected chi connectivity index (χ2v) is 4.71. The third-order valence-electron chi connectivity index (χ3n) is 2.25. The fourth-order valence-electron chi connectivity index (χ4n) is 1.25. The Balaban J connectivity index is 2.84. The van der Waals surface area contributed by atoms with Crippen LogP contribution in [0.1, 0.15) is 12.5 Å². The lowest BCUT2D eigenvalue weighted by Crippen LogP contribution is -2.40. The fourth-order valence-corrected chi connectivity index (χ4v) is 1.72. The molecule has 9 heteroatoms. The first-order valence-electron chi connectivity index (χ1n) is 5.28. The number of hydrogen-bond acceptors (Lipinski definition) is 2. The van der Waals surface area contributed by atoms with Crippen LogP contribution >= 0.6 is 15.9 Å². The van der Waals surface area contributed by atoms with Crippen LogP contribution in [0, 0.1) is 0 Å². The number of urea groups is 1. The first-order chi connectivity index (χ1) is 9.11. The third kappa shape index (κ3) is 4.41. The average molecular weight is 355 g/mol. The highest BCUT2D eigenvalue weighted by Crippen LogP contribution is 2.36. The van der Waals surface area contributed by atoms with E-state index in [1.54, 1.807) is 0 Å². The number of halogens is 4. The molecule has 0 aliphatic heterocycles. The maximum absolute atomic E-state index is 12.6. The van der Waals surface area contributed by atoms with Crippen molar-refractivity contribution in [3.63, 3.8) is 0 Å². The van der Waals surface area contributed by atoms with E-state index in [-0.39, 0.29) is 10.2 Å². The SMILES string of the molecule is C[C@@H](NC(=O)Nc1ccc(Br)c(C(F)(F)F)c1)C(=O)O. The Morgan fingerprint density at radius 1 is 1.35 bits per heavy atom. The summed E-state index contributed by atoms with van der Waals surface area (Å²) in [6.45, 7) is 1.23. The molecule has 0 radical (unpaired) electrons. The van der Waals surface area contributed by atoms with Gasteiger partial charge in [-0.25, -0.2) is 4.79 Å². The van der Waals surface area contributed by atoms with Gasteiger partial charge in [-0.3, -0.25) is 4.79 Å². The number of alkyl halides is 3. The predicted octanol–water partition coefficient (Wildman–Crippen LogP) is 3.06. The number of benzene rings is 1. The summed E-state index contributed by atoms with van der Waals surface area (Å²) in [6.07, 6.45) is -4.57. The van der Waals surface area contributed by atoms with Crippen molar-refractivity contribution in [2.24, 2.45) is 0 Å². The lowest BCUT2D eigenvalue weighted by atomic mass is 10.2. The summed E-state index contributed by atoms with van der Waals surface area (Å²) in [5, 5.41) is 12.8. The van der Waals surface area contributed by atoms with Crippen molar-refractivity contribution in [1.29, 1.82) is 0 Å². The van der Waals surface area contributed by atoms with Crippen molar-refractivity contribution in [2.45, 2.75) is 19.1 Å². The number of carboxylic acids is 1. The summed E-state index contributed by atoms with van der Waals surface area (Å²) in [4.78, 5) is 21.9. The van der Waals surface area contributed by atoms with Gasteiger partial charge in [-0.1, -0.05) is 15.9 Å². The van der Waals surface area contributed by atoms with Crippen LogP contribution in [-0.2, 0) is 11.0 Å². The number of carbonyl (C=O) groups is 2. The van der Waals surface area contributed by atoms with Crippen LogP contribution in [0.3, 0.4) is 0 Å². The van der Waals surface area contributed by atoms with E-state index in [1.165, 1.54) is 13.0 Å². The summed E-state index contributed by atoms with van der Waals surface area (Å²) in [7, 11) is 0. The van der Waals surface area contributed by atoms with Crippen LogP contribution in [0.2, 0.25) is 0 Å². The highest BCUT2D eigenvalue weighted by Gasteiger charge is 2.33. The molecule has 0 heterocycles. The van der Waals surface area contributed by atoms with Gasteiger partial charge in [0.2, 0.25) is 0 Å². The Bertz CT molecular complexity index is 534. The van der Waals surface area contributed by atoms with E-state index in [0.717, 1.165) is 12.1 Å². The largest absolute Gasteiger partial charge is 0.480 e. The zero-order valence-electron chi connectivity index (χ0n) is 10.1. The van der Waals surface area contributed by atoms with Crippen molar-refractivity contribution in [3.8, 4) is 0 Å². The zero-order valence-corrected chi connectivity index (χ0v) is 11.7. The van der Waals surface area contributed by atoms with Crippen molar-refractivity contribution in [1.82, 2.24) is 5.32 Å². The van der Waals surface area contributed by atoms with Gasteiger partial charge in [-0.05, 0) is 25.1 Å². The van der Waals surface area contributed by atoms with Crippen molar-refractivity contribution >= 4 is 33.6 Å². The van der Waals surface area contributed by atoms with Crippen LogP contribution in [0.25, 0.3) is 0 Å². The Kier molecular flexibility index (Phi) is 4.98. The maximum Gasteiger partial charge on any atom is 0.417 e. The van der Waals surface area contributed by atoms with Crippen LogP contribution in [0.5, 0.6) is 0 Å². The molecule has 20 heavy (non-hydrogen) atoms. The highest BCUT2D eigenvalue weighted by atomic mass is 79.9. The quantitative estimate of drug-likeness (QED) is 0.780. The minimum absolute atomic E-state index is 0.101. The van der Waals surface area contributed by atoms with Crippen LogP contribution in [0.4, 0.5) is 23.7 Å². The first-order valence-corrected chi connectivity index (χ1v) is 6.07. The van der Waals surface area contributed by atoms with E-state index in [0.29, 0.717) is 0 Å². The number of aliphatic carboxylic acids is 1. The van der Waals surface area contributed by atoms with Gasteiger partial charge in [0.1, 0.15) is 6.04 Å². The highest BCUT2D eigenvalue weighted by molar-refractivity contribution is 9.10. The molecule has 5 nitrogen and oxygen atoms in total. The molecule has 0 saturated heterocycles. The molecule has 3 N–H and O–H groups in total. The smallest absolute Gasteiger partial charge is 0.417 e. The number of nitrogens with one attached hydrogen (secondary N) is 2. The molecular formula is C11H10BrF3N2O3. The Morgan fingerprint density at radius 3 is 2.45 bits per heavy atom. The van der Waals surface area contributed by atoms with Gasteiger partial charge in [-0.15, -0.1) is 0 Å².